The number of hydrogen-bond acceptors (Lipinski definition) is 9. The summed E-state index contributed by atoms with van der Waals surface area (Å²) in [6.45, 7) is -0.736. The highest BCUT2D eigenvalue weighted by molar-refractivity contribution is 5.91. The van der Waals surface area contributed by atoms with Gasteiger partial charge in [0.1, 0.15) is 18.2 Å². The lowest BCUT2D eigenvalue weighted by molar-refractivity contribution is -0.137. The zero-order valence-corrected chi connectivity index (χ0v) is 13.3. The Kier molecular flexibility index (Phi) is 7.63. The second-order valence-electron chi connectivity index (χ2n) is 4.59. The lowest BCUT2D eigenvalue weighted by atomic mass is 10.3. The monoisotopic (exact) mass is 348 g/mol. The van der Waals surface area contributed by atoms with Crippen molar-refractivity contribution < 1.29 is 19.4 Å². The van der Waals surface area contributed by atoms with E-state index in [2.05, 4.69) is 15.0 Å². The van der Waals surface area contributed by atoms with E-state index < -0.39 is 12.6 Å². The Labute approximate surface area is 143 Å². The maximum atomic E-state index is 10.8. The van der Waals surface area contributed by atoms with E-state index in [1.165, 1.54) is 0 Å². The van der Waals surface area contributed by atoms with Crippen LogP contribution in [0.5, 0.6) is 5.75 Å². The Bertz CT molecular complexity index is 738. The first kappa shape index (κ1) is 19.7. The molecule has 0 aliphatic carbocycles. The van der Waals surface area contributed by atoms with Gasteiger partial charge in [0.25, 0.3) is 0 Å². The van der Waals surface area contributed by atoms with Crippen molar-refractivity contribution in [3.63, 3.8) is 0 Å². The smallest absolute Gasteiger partial charge is 0.337 e. The highest BCUT2D eigenvalue weighted by Gasteiger charge is 2.04. The molecule has 0 atom stereocenters. The van der Waals surface area contributed by atoms with Gasteiger partial charge < -0.3 is 38.1 Å². The molecule has 10 heteroatoms. The van der Waals surface area contributed by atoms with E-state index in [0.29, 0.717) is 17.2 Å². The molecular formula is C15H20N6O4. The highest BCUT2D eigenvalue weighted by Crippen LogP contribution is 2.19. The standard InChI is InChI=1S/C8H9NO3.C7H11N5O/c9-6-3-1-2-4-7(6)12-8(11)5-10;8-3-6(13)11-5-2-1-4(9)7(10)12-5/h1-4,10H,5,9H2;1-2H,3,8-9H2,(H3,10,11,12,13). The molecule has 10 N–H and O–H groups in total. The number of aliphatic hydroxyl groups excluding tert-OH is 1. The number of nitrogens with two attached hydrogens (primary N) is 4. The van der Waals surface area contributed by atoms with Gasteiger partial charge in [-0.1, -0.05) is 12.1 Å². The SMILES string of the molecule is NCC(=O)Nc1ccc(N)c(N)n1.Nc1ccccc1OC(=O)CO. The molecule has 1 aromatic carbocycles. The van der Waals surface area contributed by atoms with Gasteiger partial charge in [-0.05, 0) is 24.3 Å². The van der Waals surface area contributed by atoms with Crippen LogP contribution in [0.1, 0.15) is 0 Å². The molecule has 134 valence electrons. The zero-order chi connectivity index (χ0) is 18.8. The van der Waals surface area contributed by atoms with Crippen LogP contribution in [0, 0.1) is 0 Å². The van der Waals surface area contributed by atoms with Gasteiger partial charge in [0.2, 0.25) is 5.91 Å². The van der Waals surface area contributed by atoms with Crippen LogP contribution in [0.15, 0.2) is 36.4 Å². The van der Waals surface area contributed by atoms with Crippen molar-refractivity contribution in [2.45, 2.75) is 0 Å². The van der Waals surface area contributed by atoms with Gasteiger partial charge in [-0.15, -0.1) is 0 Å². The number of carbonyl (C=O) groups excluding carboxylic acids is 2. The van der Waals surface area contributed by atoms with Crippen molar-refractivity contribution >= 4 is 34.9 Å². The highest BCUT2D eigenvalue weighted by atomic mass is 16.5. The molecule has 0 saturated carbocycles. The maximum Gasteiger partial charge on any atom is 0.337 e. The number of pyridine rings is 1. The molecule has 10 nitrogen and oxygen atoms in total. The van der Waals surface area contributed by atoms with Crippen molar-refractivity contribution in [1.29, 1.82) is 0 Å². The van der Waals surface area contributed by atoms with E-state index in [0.717, 1.165) is 0 Å². The second-order valence-corrected chi connectivity index (χ2v) is 4.59. The maximum absolute atomic E-state index is 10.8. The molecule has 0 radical (unpaired) electrons. The Morgan fingerprint density at radius 3 is 2.32 bits per heavy atom. The minimum atomic E-state index is -0.715. The van der Waals surface area contributed by atoms with Gasteiger partial charge in [-0.3, -0.25) is 4.79 Å². The predicted molar refractivity (Wildman–Crippen MR) is 94.3 cm³/mol. The average molecular weight is 348 g/mol. The largest absolute Gasteiger partial charge is 0.423 e. The molecule has 25 heavy (non-hydrogen) atoms. The molecule has 2 rings (SSSR count). The number of carbonyl (C=O) groups is 2. The second kappa shape index (κ2) is 9.70. The van der Waals surface area contributed by atoms with Gasteiger partial charge in [-0.2, -0.15) is 0 Å². The molecular weight excluding hydrogens is 328 g/mol. The summed E-state index contributed by atoms with van der Waals surface area (Å²) in [5.41, 5.74) is 22.2. The molecule has 0 spiro atoms. The van der Waals surface area contributed by atoms with Crippen molar-refractivity contribution in [3.05, 3.63) is 36.4 Å². The van der Waals surface area contributed by atoms with Crippen molar-refractivity contribution in [2.24, 2.45) is 5.73 Å². The van der Waals surface area contributed by atoms with Gasteiger partial charge in [0, 0.05) is 0 Å². The molecule has 0 aliphatic rings. The van der Waals surface area contributed by atoms with Crippen LogP contribution in [0.3, 0.4) is 0 Å². The Morgan fingerprint density at radius 1 is 1.08 bits per heavy atom. The number of para-hydroxylation sites is 2. The molecule has 0 unspecified atom stereocenters. The lowest BCUT2D eigenvalue weighted by Gasteiger charge is -2.04. The topological polar surface area (TPSA) is 193 Å². The normalized spacial score (nSPS) is 9.52. The fraction of sp³-hybridized carbons (Fsp3) is 0.133. The number of rotatable bonds is 4. The Morgan fingerprint density at radius 2 is 1.76 bits per heavy atom. The van der Waals surface area contributed by atoms with E-state index in [1.807, 2.05) is 0 Å². The fourth-order valence-corrected chi connectivity index (χ4v) is 1.48. The zero-order valence-electron chi connectivity index (χ0n) is 13.3. The summed E-state index contributed by atoms with van der Waals surface area (Å²) >= 11 is 0. The van der Waals surface area contributed by atoms with Crippen LogP contribution in [0.2, 0.25) is 0 Å². The molecule has 0 saturated heterocycles. The number of nitrogens with one attached hydrogen (secondary N) is 1. The third-order valence-electron chi connectivity index (χ3n) is 2.68. The molecule has 1 amide bonds. The first-order valence-electron chi connectivity index (χ1n) is 7.05. The van der Waals surface area contributed by atoms with Gasteiger partial charge in [0.15, 0.2) is 5.75 Å². The number of nitrogen functional groups attached to an aromatic ring is 3. The van der Waals surface area contributed by atoms with Crippen LogP contribution in [-0.2, 0) is 9.59 Å². The average Bonchev–Trinajstić information content (AvgIpc) is 2.60. The number of aromatic nitrogens is 1. The van der Waals surface area contributed by atoms with Crippen LogP contribution in [0.25, 0.3) is 0 Å². The fourth-order valence-electron chi connectivity index (χ4n) is 1.48. The van der Waals surface area contributed by atoms with Gasteiger partial charge >= 0.3 is 5.97 Å². The first-order chi connectivity index (χ1) is 11.9. The molecule has 0 fully saturated rings. The number of esters is 1. The summed E-state index contributed by atoms with van der Waals surface area (Å²) in [6, 6.07) is 9.71. The quantitative estimate of drug-likeness (QED) is 0.235. The summed E-state index contributed by atoms with van der Waals surface area (Å²) in [6.07, 6.45) is 0. The predicted octanol–water partition coefficient (Wildman–Crippen LogP) is -0.690. The number of anilines is 4. The first-order valence-corrected chi connectivity index (χ1v) is 7.05. The Hall–Kier alpha value is -3.37. The van der Waals surface area contributed by atoms with Gasteiger partial charge in [0.05, 0.1) is 17.9 Å². The summed E-state index contributed by atoms with van der Waals surface area (Å²) < 4.78 is 4.68. The van der Waals surface area contributed by atoms with E-state index >= 15 is 0 Å². The van der Waals surface area contributed by atoms with E-state index in [-0.39, 0.29) is 24.0 Å². The summed E-state index contributed by atoms with van der Waals surface area (Å²) in [5.74, 6) is -0.224. The van der Waals surface area contributed by atoms with Gasteiger partial charge in [-0.25, -0.2) is 9.78 Å². The number of aliphatic hydroxyl groups is 1. The number of hydrogen-bond donors (Lipinski definition) is 6. The number of nitrogens with zero attached hydrogens (tertiary/aromatic N) is 1. The molecule has 1 heterocycles. The number of ether oxygens (including phenoxy) is 1. The summed E-state index contributed by atoms with van der Waals surface area (Å²) in [5, 5.41) is 10.8. The molecule has 0 aliphatic heterocycles. The van der Waals surface area contributed by atoms with Crippen molar-refractivity contribution in [3.8, 4) is 5.75 Å². The summed E-state index contributed by atoms with van der Waals surface area (Å²) in [7, 11) is 0. The van der Waals surface area contributed by atoms with Crippen molar-refractivity contribution in [2.75, 3.05) is 35.7 Å². The molecule has 2 aromatic rings. The number of benzene rings is 1. The summed E-state index contributed by atoms with van der Waals surface area (Å²) in [4.78, 5) is 25.3. The minimum Gasteiger partial charge on any atom is -0.423 e. The van der Waals surface area contributed by atoms with Crippen LogP contribution < -0.4 is 33.0 Å². The Balaban J connectivity index is 0.000000251. The van der Waals surface area contributed by atoms with Crippen molar-refractivity contribution in [1.82, 2.24) is 4.98 Å². The molecule has 0 bridgehead atoms. The molecule has 1 aromatic heterocycles. The third kappa shape index (κ3) is 6.72. The number of amides is 1. The van der Waals surface area contributed by atoms with E-state index in [1.54, 1.807) is 36.4 Å². The van der Waals surface area contributed by atoms with Crippen LogP contribution >= 0.6 is 0 Å². The van der Waals surface area contributed by atoms with Crippen LogP contribution in [0.4, 0.5) is 23.0 Å². The lowest BCUT2D eigenvalue weighted by Crippen LogP contribution is -2.22. The van der Waals surface area contributed by atoms with Crippen LogP contribution in [-0.4, -0.2) is 35.1 Å². The minimum absolute atomic E-state index is 0.0913. The van der Waals surface area contributed by atoms with E-state index in [4.69, 9.17) is 28.0 Å². The third-order valence-corrected chi connectivity index (χ3v) is 2.68. The van der Waals surface area contributed by atoms with E-state index in [9.17, 15) is 9.59 Å².